The molecule has 88 valence electrons. The summed E-state index contributed by atoms with van der Waals surface area (Å²) in [5, 5.41) is 3.63. The van der Waals surface area contributed by atoms with E-state index in [1.165, 1.54) is 38.9 Å². The van der Waals surface area contributed by atoms with Gasteiger partial charge in [-0.1, -0.05) is 0 Å². The lowest BCUT2D eigenvalue weighted by atomic mass is 10.1. The SMILES string of the molecule is CCOCCN1CCC(CNC2CC2)C1. The van der Waals surface area contributed by atoms with Crippen LogP contribution in [0.5, 0.6) is 0 Å². The largest absolute Gasteiger partial charge is 0.380 e. The summed E-state index contributed by atoms with van der Waals surface area (Å²) in [6, 6.07) is 0.863. The molecule has 1 aliphatic heterocycles. The molecule has 1 aliphatic carbocycles. The highest BCUT2D eigenvalue weighted by Crippen LogP contribution is 2.21. The number of nitrogens with one attached hydrogen (secondary N) is 1. The van der Waals surface area contributed by atoms with Crippen LogP contribution in [-0.2, 0) is 4.74 Å². The van der Waals surface area contributed by atoms with Crippen LogP contribution in [0.4, 0.5) is 0 Å². The molecule has 1 heterocycles. The summed E-state index contributed by atoms with van der Waals surface area (Å²) < 4.78 is 5.38. The van der Waals surface area contributed by atoms with Crippen LogP contribution >= 0.6 is 0 Å². The molecule has 1 saturated carbocycles. The Morgan fingerprint density at radius 2 is 2.20 bits per heavy atom. The minimum Gasteiger partial charge on any atom is -0.380 e. The van der Waals surface area contributed by atoms with Gasteiger partial charge in [0.2, 0.25) is 0 Å². The Balaban J connectivity index is 1.52. The normalized spacial score (nSPS) is 27.4. The molecule has 0 radical (unpaired) electrons. The Morgan fingerprint density at radius 1 is 1.33 bits per heavy atom. The van der Waals surface area contributed by atoms with Gasteiger partial charge in [-0.2, -0.15) is 0 Å². The van der Waals surface area contributed by atoms with Crippen molar-refractivity contribution in [1.82, 2.24) is 10.2 Å². The van der Waals surface area contributed by atoms with Crippen molar-refractivity contribution in [2.24, 2.45) is 5.92 Å². The average molecular weight is 212 g/mol. The van der Waals surface area contributed by atoms with Crippen LogP contribution in [0.3, 0.4) is 0 Å². The fourth-order valence-electron chi connectivity index (χ4n) is 2.24. The molecular weight excluding hydrogens is 188 g/mol. The molecule has 3 nitrogen and oxygen atoms in total. The predicted octanol–water partition coefficient (Wildman–Crippen LogP) is 1.10. The highest BCUT2D eigenvalue weighted by molar-refractivity contribution is 4.84. The van der Waals surface area contributed by atoms with Crippen molar-refractivity contribution >= 4 is 0 Å². The van der Waals surface area contributed by atoms with Crippen LogP contribution in [-0.4, -0.2) is 50.3 Å². The summed E-state index contributed by atoms with van der Waals surface area (Å²) in [4.78, 5) is 2.54. The van der Waals surface area contributed by atoms with E-state index in [1.807, 2.05) is 0 Å². The van der Waals surface area contributed by atoms with E-state index >= 15 is 0 Å². The van der Waals surface area contributed by atoms with Crippen molar-refractivity contribution in [3.8, 4) is 0 Å². The Bertz CT molecular complexity index is 182. The molecule has 1 saturated heterocycles. The van der Waals surface area contributed by atoms with E-state index in [2.05, 4.69) is 17.1 Å². The van der Waals surface area contributed by atoms with Crippen molar-refractivity contribution < 1.29 is 4.74 Å². The molecule has 3 heteroatoms. The van der Waals surface area contributed by atoms with Gasteiger partial charge in [-0.05, 0) is 45.2 Å². The molecule has 1 N–H and O–H groups in total. The maximum absolute atomic E-state index is 5.38. The Labute approximate surface area is 93.2 Å². The second-order valence-corrected chi connectivity index (χ2v) is 4.83. The van der Waals surface area contributed by atoms with Gasteiger partial charge in [-0.25, -0.2) is 0 Å². The molecule has 0 aromatic heterocycles. The third kappa shape index (κ3) is 4.09. The summed E-state index contributed by atoms with van der Waals surface area (Å²) in [5.41, 5.74) is 0. The number of hydrogen-bond acceptors (Lipinski definition) is 3. The Hall–Kier alpha value is -0.120. The zero-order valence-corrected chi connectivity index (χ0v) is 9.87. The van der Waals surface area contributed by atoms with Crippen LogP contribution in [0.1, 0.15) is 26.2 Å². The highest BCUT2D eigenvalue weighted by Gasteiger charge is 2.25. The van der Waals surface area contributed by atoms with E-state index in [0.717, 1.165) is 31.7 Å². The van der Waals surface area contributed by atoms with E-state index in [1.54, 1.807) is 0 Å². The first kappa shape index (κ1) is 11.4. The van der Waals surface area contributed by atoms with E-state index in [9.17, 15) is 0 Å². The van der Waals surface area contributed by atoms with Gasteiger partial charge in [0, 0.05) is 25.7 Å². The lowest BCUT2D eigenvalue weighted by Crippen LogP contribution is -2.29. The molecule has 0 spiro atoms. The zero-order chi connectivity index (χ0) is 10.5. The quantitative estimate of drug-likeness (QED) is 0.640. The second kappa shape index (κ2) is 5.83. The third-order valence-electron chi connectivity index (χ3n) is 3.40. The molecule has 2 fully saturated rings. The lowest BCUT2D eigenvalue weighted by molar-refractivity contribution is 0.120. The van der Waals surface area contributed by atoms with Gasteiger partial charge in [-0.15, -0.1) is 0 Å². The molecule has 0 aromatic rings. The van der Waals surface area contributed by atoms with Crippen molar-refractivity contribution in [1.29, 1.82) is 0 Å². The van der Waals surface area contributed by atoms with E-state index in [-0.39, 0.29) is 0 Å². The second-order valence-electron chi connectivity index (χ2n) is 4.83. The molecule has 0 bridgehead atoms. The average Bonchev–Trinajstić information content (AvgIpc) is 2.97. The number of nitrogens with zero attached hydrogens (tertiary/aromatic N) is 1. The summed E-state index contributed by atoms with van der Waals surface area (Å²) >= 11 is 0. The standard InChI is InChI=1S/C12H24N2O/c1-2-15-8-7-14-6-5-11(10-14)9-13-12-3-4-12/h11-13H,2-10H2,1H3. The molecule has 2 aliphatic rings. The first-order valence-corrected chi connectivity index (χ1v) is 6.42. The maximum Gasteiger partial charge on any atom is 0.0593 e. The minimum atomic E-state index is 0.848. The fourth-order valence-corrected chi connectivity index (χ4v) is 2.24. The van der Waals surface area contributed by atoms with Gasteiger partial charge in [0.25, 0.3) is 0 Å². The first-order valence-electron chi connectivity index (χ1n) is 6.42. The zero-order valence-electron chi connectivity index (χ0n) is 9.87. The summed E-state index contributed by atoms with van der Waals surface area (Å²) in [6.45, 7) is 8.70. The molecular formula is C12H24N2O. The molecule has 0 amide bonds. The van der Waals surface area contributed by atoms with Crippen LogP contribution in [0.15, 0.2) is 0 Å². The van der Waals surface area contributed by atoms with Gasteiger partial charge < -0.3 is 15.0 Å². The maximum atomic E-state index is 5.38. The van der Waals surface area contributed by atoms with Crippen LogP contribution in [0, 0.1) is 5.92 Å². The molecule has 1 unspecified atom stereocenters. The van der Waals surface area contributed by atoms with E-state index < -0.39 is 0 Å². The summed E-state index contributed by atoms with van der Waals surface area (Å²) in [6.07, 6.45) is 4.17. The van der Waals surface area contributed by atoms with Gasteiger partial charge in [0.15, 0.2) is 0 Å². The third-order valence-corrected chi connectivity index (χ3v) is 3.40. The molecule has 0 aromatic carbocycles. The van der Waals surface area contributed by atoms with Gasteiger partial charge in [0.1, 0.15) is 0 Å². The van der Waals surface area contributed by atoms with Gasteiger partial charge in [-0.3, -0.25) is 0 Å². The van der Waals surface area contributed by atoms with E-state index in [4.69, 9.17) is 4.74 Å². The van der Waals surface area contributed by atoms with Gasteiger partial charge in [0.05, 0.1) is 6.61 Å². The van der Waals surface area contributed by atoms with Crippen molar-refractivity contribution in [2.75, 3.05) is 39.4 Å². The smallest absolute Gasteiger partial charge is 0.0593 e. The van der Waals surface area contributed by atoms with Crippen molar-refractivity contribution in [2.45, 2.75) is 32.2 Å². The van der Waals surface area contributed by atoms with Crippen LogP contribution in [0.25, 0.3) is 0 Å². The minimum absolute atomic E-state index is 0.848. The summed E-state index contributed by atoms with van der Waals surface area (Å²) in [5.74, 6) is 0.882. The number of ether oxygens (including phenoxy) is 1. The number of hydrogen-bond donors (Lipinski definition) is 1. The molecule has 1 atom stereocenters. The van der Waals surface area contributed by atoms with Crippen molar-refractivity contribution in [3.05, 3.63) is 0 Å². The predicted molar refractivity (Wildman–Crippen MR) is 62.1 cm³/mol. The Morgan fingerprint density at radius 3 is 2.93 bits per heavy atom. The monoisotopic (exact) mass is 212 g/mol. The van der Waals surface area contributed by atoms with Crippen LogP contribution in [0.2, 0.25) is 0 Å². The molecule has 15 heavy (non-hydrogen) atoms. The lowest BCUT2D eigenvalue weighted by Gasteiger charge is -2.15. The fraction of sp³-hybridized carbons (Fsp3) is 1.00. The van der Waals surface area contributed by atoms with Crippen molar-refractivity contribution in [3.63, 3.8) is 0 Å². The van der Waals surface area contributed by atoms with E-state index in [0.29, 0.717) is 0 Å². The summed E-state index contributed by atoms with van der Waals surface area (Å²) in [7, 11) is 0. The topological polar surface area (TPSA) is 24.5 Å². The highest BCUT2D eigenvalue weighted by atomic mass is 16.5. The number of rotatable bonds is 7. The number of likely N-dealkylation sites (tertiary alicyclic amines) is 1. The molecule has 2 rings (SSSR count). The Kier molecular flexibility index (Phi) is 4.42. The van der Waals surface area contributed by atoms with Gasteiger partial charge >= 0.3 is 0 Å². The van der Waals surface area contributed by atoms with Crippen LogP contribution < -0.4 is 5.32 Å². The first-order chi connectivity index (χ1) is 7.38.